The van der Waals surface area contributed by atoms with Crippen molar-refractivity contribution in [2.45, 2.75) is 12.8 Å². The van der Waals surface area contributed by atoms with Crippen LogP contribution in [0.1, 0.15) is 22.3 Å². The first-order valence-electron chi connectivity index (χ1n) is 9.68. The number of ether oxygens (including phenoxy) is 2. The molecule has 5 nitrogen and oxygen atoms in total. The third-order valence-electron chi connectivity index (χ3n) is 4.42. The fourth-order valence-corrected chi connectivity index (χ4v) is 3.16. The Hall–Kier alpha value is -3.38. The van der Waals surface area contributed by atoms with Crippen molar-refractivity contribution in [2.24, 2.45) is 0 Å². The highest BCUT2D eigenvalue weighted by Gasteiger charge is 2.13. The Morgan fingerprint density at radius 2 is 1.57 bits per heavy atom. The number of para-hydroxylation sites is 3. The summed E-state index contributed by atoms with van der Waals surface area (Å²) in [7, 11) is 1.52. The highest BCUT2D eigenvalue weighted by atomic mass is 32.1. The maximum Gasteiger partial charge on any atom is 0.261 e. The lowest BCUT2D eigenvalue weighted by molar-refractivity contribution is 0.0974. The fraction of sp³-hybridized carbons (Fsp3) is 0.167. The molecular weight excluding hydrogens is 396 g/mol. The van der Waals surface area contributed by atoms with E-state index in [1.165, 1.54) is 12.7 Å². The smallest absolute Gasteiger partial charge is 0.261 e. The van der Waals surface area contributed by atoms with Crippen LogP contribution in [0.2, 0.25) is 0 Å². The van der Waals surface area contributed by atoms with E-state index in [1.54, 1.807) is 24.3 Å². The molecule has 3 aromatic carbocycles. The van der Waals surface area contributed by atoms with E-state index < -0.39 is 0 Å². The van der Waals surface area contributed by atoms with Crippen molar-refractivity contribution in [2.75, 3.05) is 19.0 Å². The fourth-order valence-electron chi connectivity index (χ4n) is 2.96. The molecule has 6 heteroatoms. The molecule has 0 aromatic heterocycles. The lowest BCUT2D eigenvalue weighted by atomic mass is 10.1. The first-order valence-corrected chi connectivity index (χ1v) is 10.1. The summed E-state index contributed by atoms with van der Waals surface area (Å²) in [5.74, 6) is 0.825. The van der Waals surface area contributed by atoms with Crippen molar-refractivity contribution in [3.63, 3.8) is 0 Å². The monoisotopic (exact) mass is 420 g/mol. The second kappa shape index (κ2) is 11.0. The highest BCUT2D eigenvalue weighted by molar-refractivity contribution is 7.80. The van der Waals surface area contributed by atoms with Gasteiger partial charge in [-0.1, -0.05) is 54.6 Å². The summed E-state index contributed by atoms with van der Waals surface area (Å²) in [4.78, 5) is 12.5. The normalized spacial score (nSPS) is 10.2. The molecule has 0 aliphatic rings. The van der Waals surface area contributed by atoms with Gasteiger partial charge in [0, 0.05) is 0 Å². The van der Waals surface area contributed by atoms with Crippen LogP contribution >= 0.6 is 12.2 Å². The summed E-state index contributed by atoms with van der Waals surface area (Å²) in [6, 6.07) is 24.8. The molecule has 0 aliphatic heterocycles. The quantitative estimate of drug-likeness (QED) is 0.404. The Labute approximate surface area is 182 Å². The van der Waals surface area contributed by atoms with Gasteiger partial charge >= 0.3 is 0 Å². The number of benzene rings is 3. The number of rotatable bonds is 8. The Morgan fingerprint density at radius 3 is 2.33 bits per heavy atom. The van der Waals surface area contributed by atoms with Gasteiger partial charge in [0.15, 0.2) is 5.11 Å². The van der Waals surface area contributed by atoms with Crippen LogP contribution in [0, 0.1) is 0 Å². The van der Waals surface area contributed by atoms with E-state index in [4.69, 9.17) is 21.7 Å². The van der Waals surface area contributed by atoms with E-state index in [0.717, 1.165) is 12.8 Å². The maximum atomic E-state index is 12.5. The van der Waals surface area contributed by atoms with Gasteiger partial charge in [0.05, 0.1) is 25.0 Å². The third kappa shape index (κ3) is 6.06. The Bertz CT molecular complexity index is 993. The van der Waals surface area contributed by atoms with Gasteiger partial charge in [0.25, 0.3) is 5.91 Å². The Balaban J connectivity index is 1.54. The zero-order valence-electron chi connectivity index (χ0n) is 16.8. The minimum atomic E-state index is -0.341. The van der Waals surface area contributed by atoms with Crippen LogP contribution < -0.4 is 20.1 Å². The number of carbonyl (C=O) groups is 1. The molecule has 0 unspecified atom stereocenters. The molecular formula is C24H24N2O3S. The number of hydrogen-bond donors (Lipinski definition) is 2. The predicted octanol–water partition coefficient (Wildman–Crippen LogP) is 4.83. The lowest BCUT2D eigenvalue weighted by Crippen LogP contribution is -2.34. The molecule has 3 aromatic rings. The number of aryl methyl sites for hydroxylation is 1. The van der Waals surface area contributed by atoms with Gasteiger partial charge < -0.3 is 14.8 Å². The number of amides is 1. The number of carbonyl (C=O) groups excluding carboxylic acids is 1. The van der Waals surface area contributed by atoms with Crippen LogP contribution in [0.25, 0.3) is 0 Å². The second-order valence-corrected chi connectivity index (χ2v) is 6.95. The van der Waals surface area contributed by atoms with Crippen molar-refractivity contribution >= 4 is 28.9 Å². The van der Waals surface area contributed by atoms with Crippen molar-refractivity contribution in [1.82, 2.24) is 5.32 Å². The average molecular weight is 421 g/mol. The minimum Gasteiger partial charge on any atom is -0.496 e. The van der Waals surface area contributed by atoms with Gasteiger partial charge in [-0.15, -0.1) is 0 Å². The average Bonchev–Trinajstić information content (AvgIpc) is 2.78. The summed E-state index contributed by atoms with van der Waals surface area (Å²) in [6.07, 6.45) is 1.84. The van der Waals surface area contributed by atoms with E-state index >= 15 is 0 Å². The Morgan fingerprint density at radius 1 is 0.900 bits per heavy atom. The molecule has 0 heterocycles. The zero-order valence-corrected chi connectivity index (χ0v) is 17.6. The largest absolute Gasteiger partial charge is 0.496 e. The van der Waals surface area contributed by atoms with Crippen LogP contribution in [0.5, 0.6) is 11.5 Å². The molecule has 0 saturated heterocycles. The summed E-state index contributed by atoms with van der Waals surface area (Å²) in [6.45, 7) is 0.577. The molecule has 30 heavy (non-hydrogen) atoms. The first kappa shape index (κ1) is 21.3. The molecule has 0 aliphatic carbocycles. The minimum absolute atomic E-state index is 0.186. The molecule has 154 valence electrons. The van der Waals surface area contributed by atoms with E-state index in [2.05, 4.69) is 22.8 Å². The van der Waals surface area contributed by atoms with Gasteiger partial charge in [-0.25, -0.2) is 0 Å². The second-order valence-electron chi connectivity index (χ2n) is 6.54. The predicted molar refractivity (Wildman–Crippen MR) is 123 cm³/mol. The standard InChI is InChI=1S/C24H24N2O3S/c1-28-21-15-7-5-13-19(21)23(27)26-24(30)25-20-14-6-8-16-22(20)29-17-9-12-18-10-3-2-4-11-18/h2-8,10-11,13-16H,9,12,17H2,1H3,(H2,25,26,27,30). The Kier molecular flexibility index (Phi) is 7.80. The highest BCUT2D eigenvalue weighted by Crippen LogP contribution is 2.24. The van der Waals surface area contributed by atoms with Crippen molar-refractivity contribution in [3.8, 4) is 11.5 Å². The van der Waals surface area contributed by atoms with Crippen LogP contribution in [0.4, 0.5) is 5.69 Å². The van der Waals surface area contributed by atoms with E-state index in [0.29, 0.717) is 29.4 Å². The van der Waals surface area contributed by atoms with E-state index in [-0.39, 0.29) is 11.0 Å². The van der Waals surface area contributed by atoms with Crippen LogP contribution in [-0.2, 0) is 6.42 Å². The van der Waals surface area contributed by atoms with Gasteiger partial charge in [-0.05, 0) is 54.9 Å². The number of thiocarbonyl (C=S) groups is 1. The molecule has 0 fully saturated rings. The lowest BCUT2D eigenvalue weighted by Gasteiger charge is -2.15. The van der Waals surface area contributed by atoms with Crippen molar-refractivity contribution < 1.29 is 14.3 Å². The molecule has 0 saturated carbocycles. The molecule has 0 atom stereocenters. The SMILES string of the molecule is COc1ccccc1C(=O)NC(=S)Nc1ccccc1OCCCc1ccccc1. The topological polar surface area (TPSA) is 59.6 Å². The molecule has 0 bridgehead atoms. The summed E-state index contributed by atoms with van der Waals surface area (Å²) >= 11 is 5.31. The third-order valence-corrected chi connectivity index (χ3v) is 4.63. The summed E-state index contributed by atoms with van der Waals surface area (Å²) in [5, 5.41) is 5.91. The molecule has 0 radical (unpaired) electrons. The summed E-state index contributed by atoms with van der Waals surface area (Å²) < 4.78 is 11.2. The van der Waals surface area contributed by atoms with Crippen LogP contribution in [0.15, 0.2) is 78.9 Å². The zero-order chi connectivity index (χ0) is 21.2. The van der Waals surface area contributed by atoms with E-state index in [1.807, 2.05) is 42.5 Å². The van der Waals surface area contributed by atoms with Crippen LogP contribution in [0.3, 0.4) is 0 Å². The van der Waals surface area contributed by atoms with Gasteiger partial charge in [0.2, 0.25) is 0 Å². The first-order chi connectivity index (χ1) is 14.7. The van der Waals surface area contributed by atoms with Gasteiger partial charge in [-0.3, -0.25) is 10.1 Å². The van der Waals surface area contributed by atoms with Gasteiger partial charge in [-0.2, -0.15) is 0 Å². The molecule has 3 rings (SSSR count). The van der Waals surface area contributed by atoms with Crippen molar-refractivity contribution in [1.29, 1.82) is 0 Å². The maximum absolute atomic E-state index is 12.5. The number of anilines is 1. The molecule has 1 amide bonds. The number of methoxy groups -OCH3 is 1. The van der Waals surface area contributed by atoms with E-state index in [9.17, 15) is 4.79 Å². The number of hydrogen-bond acceptors (Lipinski definition) is 4. The summed E-state index contributed by atoms with van der Waals surface area (Å²) in [5.41, 5.74) is 2.39. The van der Waals surface area contributed by atoms with Crippen LogP contribution in [-0.4, -0.2) is 24.7 Å². The number of nitrogens with one attached hydrogen (secondary N) is 2. The molecule has 2 N–H and O–H groups in total. The van der Waals surface area contributed by atoms with Gasteiger partial charge in [0.1, 0.15) is 11.5 Å². The molecule has 0 spiro atoms. The van der Waals surface area contributed by atoms with Crippen molar-refractivity contribution in [3.05, 3.63) is 90.0 Å².